The van der Waals surface area contributed by atoms with Crippen LogP contribution in [0.15, 0.2) is 30.5 Å². The summed E-state index contributed by atoms with van der Waals surface area (Å²) in [6.07, 6.45) is -1.90. The molecular weight excluding hydrogens is 471 g/mol. The van der Waals surface area contributed by atoms with Gasteiger partial charge in [0.15, 0.2) is 11.5 Å². The van der Waals surface area contributed by atoms with E-state index >= 15 is 0 Å². The molecule has 0 spiro atoms. The molecule has 1 fully saturated rings. The van der Waals surface area contributed by atoms with Gasteiger partial charge in [-0.25, -0.2) is 4.98 Å². The molecule has 0 radical (unpaired) electrons. The number of nitrogens with zero attached hydrogens (tertiary/aromatic N) is 2. The SMILES string of the molecule is CCOc1ccc(CCNC(=O)C2CCN(c3ncc(C(F)(F)F)cc3Cl)CC2)cc1OCC. The van der Waals surface area contributed by atoms with Gasteiger partial charge < -0.3 is 19.7 Å². The summed E-state index contributed by atoms with van der Waals surface area (Å²) < 4.78 is 49.7. The lowest BCUT2D eigenvalue weighted by Gasteiger charge is -2.32. The monoisotopic (exact) mass is 499 g/mol. The van der Waals surface area contributed by atoms with Crippen LogP contribution in [0.25, 0.3) is 0 Å². The predicted molar refractivity (Wildman–Crippen MR) is 125 cm³/mol. The van der Waals surface area contributed by atoms with Crippen molar-refractivity contribution < 1.29 is 27.4 Å². The zero-order valence-electron chi connectivity index (χ0n) is 19.3. The van der Waals surface area contributed by atoms with Crippen molar-refractivity contribution in [2.45, 2.75) is 39.3 Å². The Morgan fingerprint density at radius 1 is 1.15 bits per heavy atom. The van der Waals surface area contributed by atoms with Crippen molar-refractivity contribution in [1.29, 1.82) is 0 Å². The second-order valence-electron chi connectivity index (χ2n) is 7.98. The van der Waals surface area contributed by atoms with Gasteiger partial charge in [0.25, 0.3) is 0 Å². The quantitative estimate of drug-likeness (QED) is 0.518. The number of hydrogen-bond donors (Lipinski definition) is 1. The molecule has 10 heteroatoms. The van der Waals surface area contributed by atoms with Crippen LogP contribution in [0.1, 0.15) is 37.8 Å². The number of halogens is 4. The molecule has 0 saturated carbocycles. The number of carbonyl (C=O) groups is 1. The van der Waals surface area contributed by atoms with E-state index < -0.39 is 11.7 Å². The third-order valence-corrected chi connectivity index (χ3v) is 5.91. The van der Waals surface area contributed by atoms with E-state index in [1.54, 1.807) is 0 Å². The number of benzene rings is 1. The number of amides is 1. The molecule has 0 bridgehead atoms. The molecule has 0 aliphatic carbocycles. The van der Waals surface area contributed by atoms with Crippen LogP contribution in [0.5, 0.6) is 11.5 Å². The Balaban J connectivity index is 1.48. The third-order valence-electron chi connectivity index (χ3n) is 5.64. The van der Waals surface area contributed by atoms with Crippen molar-refractivity contribution in [3.63, 3.8) is 0 Å². The maximum atomic E-state index is 12.8. The normalized spacial score (nSPS) is 14.7. The average Bonchev–Trinajstić information content (AvgIpc) is 2.80. The predicted octanol–water partition coefficient (Wildman–Crippen LogP) is 5.13. The number of alkyl halides is 3. The molecule has 1 amide bonds. The molecule has 1 N–H and O–H groups in total. The molecular formula is C24H29ClF3N3O3. The van der Waals surface area contributed by atoms with E-state index in [1.807, 2.05) is 36.9 Å². The summed E-state index contributed by atoms with van der Waals surface area (Å²) in [6.45, 7) is 6.39. The van der Waals surface area contributed by atoms with E-state index in [2.05, 4.69) is 10.3 Å². The first-order valence-corrected chi connectivity index (χ1v) is 11.7. The highest BCUT2D eigenvalue weighted by Gasteiger charge is 2.33. The van der Waals surface area contributed by atoms with Gasteiger partial charge in [-0.1, -0.05) is 17.7 Å². The molecule has 2 aromatic rings. The minimum absolute atomic E-state index is 0.0258. The summed E-state index contributed by atoms with van der Waals surface area (Å²) >= 11 is 6.05. The van der Waals surface area contributed by atoms with Crippen molar-refractivity contribution in [3.8, 4) is 11.5 Å². The highest BCUT2D eigenvalue weighted by atomic mass is 35.5. The zero-order valence-corrected chi connectivity index (χ0v) is 20.0. The lowest BCUT2D eigenvalue weighted by atomic mass is 9.95. The second-order valence-corrected chi connectivity index (χ2v) is 8.38. The van der Waals surface area contributed by atoms with E-state index in [1.165, 1.54) is 0 Å². The molecule has 1 aromatic heterocycles. The molecule has 0 unspecified atom stereocenters. The van der Waals surface area contributed by atoms with Gasteiger partial charge in [-0.05, 0) is 56.9 Å². The van der Waals surface area contributed by atoms with E-state index in [-0.39, 0.29) is 16.8 Å². The van der Waals surface area contributed by atoms with Gasteiger partial charge in [-0.15, -0.1) is 0 Å². The van der Waals surface area contributed by atoms with Gasteiger partial charge in [0.05, 0.1) is 23.8 Å². The number of piperidine rings is 1. The Labute approximate surface area is 202 Å². The Morgan fingerprint density at radius 2 is 1.82 bits per heavy atom. The van der Waals surface area contributed by atoms with Crippen LogP contribution < -0.4 is 19.7 Å². The van der Waals surface area contributed by atoms with Crippen molar-refractivity contribution in [2.75, 3.05) is 37.7 Å². The lowest BCUT2D eigenvalue weighted by molar-refractivity contribution is -0.137. The molecule has 3 rings (SSSR count). The molecule has 1 aromatic carbocycles. The van der Waals surface area contributed by atoms with Gasteiger partial charge in [-0.2, -0.15) is 13.2 Å². The van der Waals surface area contributed by atoms with Gasteiger partial charge in [0, 0.05) is 31.7 Å². The molecule has 1 aliphatic rings. The maximum Gasteiger partial charge on any atom is 0.417 e. The van der Waals surface area contributed by atoms with Crippen LogP contribution in [0.4, 0.5) is 19.0 Å². The first-order valence-electron chi connectivity index (χ1n) is 11.4. The van der Waals surface area contributed by atoms with Gasteiger partial charge in [0.2, 0.25) is 5.91 Å². The van der Waals surface area contributed by atoms with E-state index in [0.29, 0.717) is 69.4 Å². The molecule has 186 valence electrons. The van der Waals surface area contributed by atoms with Crippen molar-refractivity contribution in [1.82, 2.24) is 10.3 Å². The third kappa shape index (κ3) is 6.68. The standard InChI is InChI=1S/C24H29ClF3N3O3/c1-3-33-20-6-5-16(13-21(20)34-4-2)7-10-29-23(32)17-8-11-31(12-9-17)22-19(25)14-18(15-30-22)24(26,27)28/h5-6,13-15,17H,3-4,7-12H2,1-2H3,(H,29,32). The second kappa shape index (κ2) is 11.6. The minimum atomic E-state index is -4.49. The van der Waals surface area contributed by atoms with Crippen molar-refractivity contribution in [3.05, 3.63) is 46.6 Å². The van der Waals surface area contributed by atoms with E-state index in [4.69, 9.17) is 21.1 Å². The molecule has 1 aliphatic heterocycles. The van der Waals surface area contributed by atoms with Crippen LogP contribution in [0.2, 0.25) is 5.02 Å². The number of anilines is 1. The largest absolute Gasteiger partial charge is 0.490 e. The summed E-state index contributed by atoms with van der Waals surface area (Å²) in [5.74, 6) is 1.52. The van der Waals surface area contributed by atoms with Crippen molar-refractivity contribution >= 4 is 23.3 Å². The minimum Gasteiger partial charge on any atom is -0.490 e. The molecule has 2 heterocycles. The number of rotatable bonds is 9. The Morgan fingerprint density at radius 3 is 2.44 bits per heavy atom. The number of carbonyl (C=O) groups excluding carboxylic acids is 1. The lowest BCUT2D eigenvalue weighted by Crippen LogP contribution is -2.41. The van der Waals surface area contributed by atoms with Crippen LogP contribution in [0.3, 0.4) is 0 Å². The number of pyridine rings is 1. The number of nitrogens with one attached hydrogen (secondary N) is 1. The summed E-state index contributed by atoms with van der Waals surface area (Å²) in [7, 11) is 0. The van der Waals surface area contributed by atoms with Crippen LogP contribution in [0, 0.1) is 5.92 Å². The first-order chi connectivity index (χ1) is 16.2. The molecule has 34 heavy (non-hydrogen) atoms. The fraction of sp³-hybridized carbons (Fsp3) is 0.500. The Hall–Kier alpha value is -2.68. The van der Waals surface area contributed by atoms with E-state index in [0.717, 1.165) is 17.8 Å². The van der Waals surface area contributed by atoms with Crippen LogP contribution in [-0.4, -0.2) is 43.7 Å². The highest BCUT2D eigenvalue weighted by molar-refractivity contribution is 6.33. The zero-order chi connectivity index (χ0) is 24.7. The summed E-state index contributed by atoms with van der Waals surface area (Å²) in [5, 5.41) is 2.94. The number of ether oxygens (including phenoxy) is 2. The van der Waals surface area contributed by atoms with Crippen LogP contribution in [-0.2, 0) is 17.4 Å². The Kier molecular flexibility index (Phi) is 8.88. The maximum absolute atomic E-state index is 12.8. The van der Waals surface area contributed by atoms with Gasteiger partial charge in [0.1, 0.15) is 5.82 Å². The fourth-order valence-electron chi connectivity index (χ4n) is 3.90. The average molecular weight is 500 g/mol. The Bertz CT molecular complexity index is 980. The summed E-state index contributed by atoms with van der Waals surface area (Å²) in [5.41, 5.74) is 0.154. The van der Waals surface area contributed by atoms with Crippen molar-refractivity contribution in [2.24, 2.45) is 5.92 Å². The summed E-state index contributed by atoms with van der Waals surface area (Å²) in [6, 6.07) is 6.65. The fourth-order valence-corrected chi connectivity index (χ4v) is 4.18. The first kappa shape index (κ1) is 25.9. The van der Waals surface area contributed by atoms with Gasteiger partial charge in [-0.3, -0.25) is 4.79 Å². The molecule has 6 nitrogen and oxygen atoms in total. The molecule has 0 atom stereocenters. The number of hydrogen-bond acceptors (Lipinski definition) is 5. The molecule has 1 saturated heterocycles. The smallest absolute Gasteiger partial charge is 0.417 e. The topological polar surface area (TPSA) is 63.7 Å². The van der Waals surface area contributed by atoms with Gasteiger partial charge >= 0.3 is 6.18 Å². The number of aromatic nitrogens is 1. The van der Waals surface area contributed by atoms with Crippen LogP contribution >= 0.6 is 11.6 Å². The highest BCUT2D eigenvalue weighted by Crippen LogP contribution is 2.34. The van der Waals surface area contributed by atoms with E-state index in [9.17, 15) is 18.0 Å². The summed E-state index contributed by atoms with van der Waals surface area (Å²) in [4.78, 5) is 18.4.